The lowest BCUT2D eigenvalue weighted by molar-refractivity contribution is -0.0374. The summed E-state index contributed by atoms with van der Waals surface area (Å²) in [7, 11) is 0. The molecule has 0 amide bonds. The van der Waals surface area contributed by atoms with Gasteiger partial charge in [-0.2, -0.15) is 5.26 Å². The number of aliphatic hydroxyl groups is 1. The average molecular weight is 378 g/mol. The van der Waals surface area contributed by atoms with Crippen molar-refractivity contribution in [3.8, 4) is 6.07 Å². The summed E-state index contributed by atoms with van der Waals surface area (Å²) in [4.78, 5) is 13.5. The predicted molar refractivity (Wildman–Crippen MR) is 109 cm³/mol. The summed E-state index contributed by atoms with van der Waals surface area (Å²) in [6.07, 6.45) is 8.06. The Hall–Kier alpha value is -1.92. The van der Waals surface area contributed by atoms with Gasteiger partial charge in [0.1, 0.15) is 0 Å². The van der Waals surface area contributed by atoms with Gasteiger partial charge in [0.25, 0.3) is 0 Å². The molecule has 3 nitrogen and oxygen atoms in total. The molecule has 3 aliphatic carbocycles. The van der Waals surface area contributed by atoms with Crippen molar-refractivity contribution >= 4 is 5.78 Å². The fourth-order valence-electron chi connectivity index (χ4n) is 6.64. The highest BCUT2D eigenvalue weighted by atomic mass is 16.3. The second-order valence-electron chi connectivity index (χ2n) is 9.67. The van der Waals surface area contributed by atoms with Crippen LogP contribution in [-0.4, -0.2) is 17.0 Å². The monoisotopic (exact) mass is 377 g/mol. The van der Waals surface area contributed by atoms with E-state index in [0.29, 0.717) is 18.3 Å². The van der Waals surface area contributed by atoms with Crippen molar-refractivity contribution < 1.29 is 9.90 Å². The molecule has 2 saturated carbocycles. The summed E-state index contributed by atoms with van der Waals surface area (Å²) < 4.78 is 0. The van der Waals surface area contributed by atoms with Crippen molar-refractivity contribution in [1.29, 1.82) is 5.26 Å². The zero-order valence-electron chi connectivity index (χ0n) is 17.0. The van der Waals surface area contributed by atoms with Gasteiger partial charge in [0.05, 0.1) is 12.2 Å². The van der Waals surface area contributed by atoms with E-state index >= 15 is 0 Å². The molecule has 0 aromatic heterocycles. The van der Waals surface area contributed by atoms with E-state index in [2.05, 4.69) is 26.0 Å². The molecule has 0 saturated heterocycles. The number of hydrogen-bond acceptors (Lipinski definition) is 3. The van der Waals surface area contributed by atoms with E-state index in [1.54, 1.807) is 0 Å². The lowest BCUT2D eigenvalue weighted by atomic mass is 9.46. The van der Waals surface area contributed by atoms with Gasteiger partial charge in [-0.1, -0.05) is 55.8 Å². The topological polar surface area (TPSA) is 61.1 Å². The third-order valence-electron chi connectivity index (χ3n) is 8.33. The Labute approximate surface area is 168 Å². The first-order valence-electron chi connectivity index (χ1n) is 10.7. The first-order chi connectivity index (χ1) is 13.4. The molecule has 148 valence electrons. The fourth-order valence-corrected chi connectivity index (χ4v) is 6.64. The van der Waals surface area contributed by atoms with E-state index in [-0.39, 0.29) is 23.2 Å². The van der Waals surface area contributed by atoms with Crippen LogP contribution in [0.3, 0.4) is 0 Å². The second kappa shape index (κ2) is 7.16. The zero-order chi connectivity index (χ0) is 19.9. The van der Waals surface area contributed by atoms with Gasteiger partial charge in [0.15, 0.2) is 5.78 Å². The van der Waals surface area contributed by atoms with Gasteiger partial charge in [-0.3, -0.25) is 4.79 Å². The molecule has 3 aliphatic rings. The van der Waals surface area contributed by atoms with Gasteiger partial charge in [-0.05, 0) is 61.7 Å². The number of allylic oxidation sites excluding steroid dienone is 1. The fraction of sp³-hybridized carbons (Fsp3) is 0.600. The maximum Gasteiger partial charge on any atom is 0.169 e. The molecule has 1 N–H and O–H groups in total. The third kappa shape index (κ3) is 2.94. The van der Waals surface area contributed by atoms with E-state index < -0.39 is 5.41 Å². The molecule has 0 unspecified atom stereocenters. The first-order valence-corrected chi connectivity index (χ1v) is 10.7. The number of nitriles is 1. The Kier molecular flexibility index (Phi) is 4.96. The van der Waals surface area contributed by atoms with Crippen molar-refractivity contribution in [3.05, 3.63) is 47.5 Å². The highest BCUT2D eigenvalue weighted by molar-refractivity contribution is 6.00. The quantitative estimate of drug-likeness (QED) is 0.573. The third-order valence-corrected chi connectivity index (χ3v) is 8.33. The van der Waals surface area contributed by atoms with Crippen molar-refractivity contribution in [3.63, 3.8) is 0 Å². The number of nitrogens with zero attached hydrogens (tertiary/aromatic N) is 1. The molecule has 28 heavy (non-hydrogen) atoms. The van der Waals surface area contributed by atoms with Crippen molar-refractivity contribution in [2.24, 2.45) is 28.6 Å². The molecule has 1 aromatic rings. The number of carbonyl (C=O) groups excluding carboxylic acids is 1. The molecule has 3 heteroatoms. The molecule has 0 radical (unpaired) electrons. The minimum atomic E-state index is -0.478. The Morgan fingerprint density at radius 1 is 1.21 bits per heavy atom. The normalized spacial score (nSPS) is 39.9. The van der Waals surface area contributed by atoms with Crippen LogP contribution in [0.5, 0.6) is 0 Å². The minimum absolute atomic E-state index is 0.0884. The summed E-state index contributed by atoms with van der Waals surface area (Å²) in [6.45, 7) is 4.47. The van der Waals surface area contributed by atoms with Gasteiger partial charge in [0.2, 0.25) is 0 Å². The van der Waals surface area contributed by atoms with Crippen LogP contribution >= 0.6 is 0 Å². The Balaban J connectivity index is 1.70. The molecule has 0 aliphatic heterocycles. The highest BCUT2D eigenvalue weighted by Crippen LogP contribution is 2.62. The van der Waals surface area contributed by atoms with Crippen molar-refractivity contribution in [2.75, 3.05) is 0 Å². The van der Waals surface area contributed by atoms with Gasteiger partial charge in [-0.25, -0.2) is 0 Å². The standard InChI is InChI=1S/C25H31NO2/c1-24-13-10-19(27)16-18(24)8-9-20-21(24)11-14-25(2,22(20)12-15-26)23(28)17-6-4-3-5-7-17/h3-8,19-22,27H,9-14,16H2,1-2H3/t19-,20+,21-,22-,24-,25-/m0/s1. The van der Waals surface area contributed by atoms with Crippen LogP contribution in [-0.2, 0) is 0 Å². The van der Waals surface area contributed by atoms with Gasteiger partial charge < -0.3 is 5.11 Å². The number of aliphatic hydroxyl groups excluding tert-OH is 1. The summed E-state index contributed by atoms with van der Waals surface area (Å²) in [5.41, 5.74) is 1.83. The van der Waals surface area contributed by atoms with Crippen LogP contribution in [0, 0.1) is 39.9 Å². The Bertz CT molecular complexity index is 823. The van der Waals surface area contributed by atoms with Gasteiger partial charge in [0, 0.05) is 17.4 Å². The number of benzene rings is 1. The van der Waals surface area contributed by atoms with Gasteiger partial charge >= 0.3 is 0 Å². The van der Waals surface area contributed by atoms with Crippen molar-refractivity contribution in [1.82, 2.24) is 0 Å². The molecule has 0 bridgehead atoms. The molecule has 2 fully saturated rings. The van der Waals surface area contributed by atoms with Crippen LogP contribution in [0.15, 0.2) is 42.0 Å². The SMILES string of the molecule is C[C@]12CC[C@H](O)CC1=CC[C@@H]1[C@@H]2CC[C@](C)(C(=O)c2ccccc2)[C@H]1CC#N. The first kappa shape index (κ1) is 19.4. The van der Waals surface area contributed by atoms with Crippen LogP contribution in [0.1, 0.15) is 69.2 Å². The summed E-state index contributed by atoms with van der Waals surface area (Å²) in [6, 6.07) is 12.0. The van der Waals surface area contributed by atoms with Gasteiger partial charge in [-0.15, -0.1) is 0 Å². The average Bonchev–Trinajstić information content (AvgIpc) is 2.70. The highest BCUT2D eigenvalue weighted by Gasteiger charge is 2.56. The van der Waals surface area contributed by atoms with E-state index in [0.717, 1.165) is 44.1 Å². The molecular formula is C25H31NO2. The number of carbonyl (C=O) groups is 1. The molecule has 4 rings (SSSR count). The smallest absolute Gasteiger partial charge is 0.169 e. The predicted octanol–water partition coefficient (Wildman–Crippen LogP) is 5.31. The maximum absolute atomic E-state index is 13.5. The summed E-state index contributed by atoms with van der Waals surface area (Å²) >= 11 is 0. The van der Waals surface area contributed by atoms with E-state index in [1.807, 2.05) is 30.3 Å². The Morgan fingerprint density at radius 2 is 1.96 bits per heavy atom. The Morgan fingerprint density at radius 3 is 2.68 bits per heavy atom. The van der Waals surface area contributed by atoms with Crippen LogP contribution in [0.25, 0.3) is 0 Å². The molecular weight excluding hydrogens is 346 g/mol. The lowest BCUT2D eigenvalue weighted by Crippen LogP contribution is -2.52. The number of fused-ring (bicyclic) bond motifs is 3. The minimum Gasteiger partial charge on any atom is -0.393 e. The molecule has 6 atom stereocenters. The van der Waals surface area contributed by atoms with Crippen molar-refractivity contribution in [2.45, 2.75) is 64.9 Å². The molecule has 1 aromatic carbocycles. The van der Waals surface area contributed by atoms with E-state index in [1.165, 1.54) is 5.57 Å². The van der Waals surface area contributed by atoms with E-state index in [4.69, 9.17) is 0 Å². The molecule has 0 heterocycles. The number of rotatable bonds is 3. The number of Topliss-reactive ketones (excluding diaryl/α,β-unsaturated/α-hetero) is 1. The zero-order valence-corrected chi connectivity index (χ0v) is 17.0. The molecule has 0 spiro atoms. The lowest BCUT2D eigenvalue weighted by Gasteiger charge is -2.57. The maximum atomic E-state index is 13.5. The van der Waals surface area contributed by atoms with Crippen LogP contribution in [0.2, 0.25) is 0 Å². The number of hydrogen-bond donors (Lipinski definition) is 1. The van der Waals surface area contributed by atoms with E-state index in [9.17, 15) is 15.2 Å². The van der Waals surface area contributed by atoms with Crippen LogP contribution in [0.4, 0.5) is 0 Å². The number of ketones is 1. The van der Waals surface area contributed by atoms with Crippen LogP contribution < -0.4 is 0 Å². The summed E-state index contributed by atoms with van der Waals surface area (Å²) in [5, 5.41) is 19.8. The second-order valence-corrected chi connectivity index (χ2v) is 9.67. The summed E-state index contributed by atoms with van der Waals surface area (Å²) in [5.74, 6) is 1.17. The largest absolute Gasteiger partial charge is 0.393 e.